The van der Waals surface area contributed by atoms with Crippen LogP contribution in [0.2, 0.25) is 0 Å². The Balaban J connectivity index is 2.66. The number of allylic oxidation sites excluding steroid dienone is 3. The van der Waals surface area contributed by atoms with Gasteiger partial charge in [-0.15, -0.1) is 0 Å². The summed E-state index contributed by atoms with van der Waals surface area (Å²) in [6.45, 7) is 13.2. The van der Waals surface area contributed by atoms with Gasteiger partial charge in [-0.25, -0.2) is 0 Å². The first-order valence-electron chi connectivity index (χ1n) is 9.28. The van der Waals surface area contributed by atoms with E-state index in [1.165, 1.54) is 11.3 Å². The molecule has 4 heteroatoms. The minimum absolute atomic E-state index is 0.0590. The van der Waals surface area contributed by atoms with E-state index in [1.54, 1.807) is 11.0 Å². The topological polar surface area (TPSA) is 43.8 Å². The van der Waals surface area contributed by atoms with Crippen molar-refractivity contribution < 1.29 is 9.90 Å². The molecule has 1 atom stereocenters. The second-order valence-electron chi connectivity index (χ2n) is 6.28. The normalized spacial score (nSPS) is 19.1. The number of hydrogen-bond acceptors (Lipinski definition) is 3. The number of hydrogen-bond donors (Lipinski definition) is 1. The molecule has 0 aliphatic carbocycles. The highest BCUT2D eigenvalue weighted by molar-refractivity contribution is 5.91. The molecular formula is C20H34N2O2. The van der Waals surface area contributed by atoms with Crippen molar-refractivity contribution in [3.8, 4) is 0 Å². The maximum Gasteiger partial charge on any atom is 0.248 e. The van der Waals surface area contributed by atoms with E-state index in [0.29, 0.717) is 6.54 Å². The number of amides is 1. The van der Waals surface area contributed by atoms with Crippen LogP contribution in [0.15, 0.2) is 35.1 Å². The van der Waals surface area contributed by atoms with Crippen LogP contribution in [0.1, 0.15) is 60.3 Å². The van der Waals surface area contributed by atoms with Gasteiger partial charge in [-0.05, 0) is 51.7 Å². The summed E-state index contributed by atoms with van der Waals surface area (Å²) in [6, 6.07) is 0. The molecule has 0 saturated carbocycles. The first-order chi connectivity index (χ1) is 11.5. The highest BCUT2D eigenvalue weighted by atomic mass is 16.3. The van der Waals surface area contributed by atoms with Crippen LogP contribution >= 0.6 is 0 Å². The summed E-state index contributed by atoms with van der Waals surface area (Å²) in [6.07, 6.45) is 8.68. The van der Waals surface area contributed by atoms with Crippen molar-refractivity contribution in [3.63, 3.8) is 0 Å². The third kappa shape index (κ3) is 5.52. The van der Waals surface area contributed by atoms with Crippen molar-refractivity contribution in [3.05, 3.63) is 35.1 Å². The van der Waals surface area contributed by atoms with E-state index in [1.807, 2.05) is 0 Å². The summed E-state index contributed by atoms with van der Waals surface area (Å²) in [7, 11) is 0. The number of rotatable bonds is 10. The lowest BCUT2D eigenvalue weighted by atomic mass is 10.1. The Kier molecular flexibility index (Phi) is 8.83. The average Bonchev–Trinajstić information content (AvgIpc) is 2.83. The zero-order valence-electron chi connectivity index (χ0n) is 16.0. The molecule has 0 saturated heterocycles. The van der Waals surface area contributed by atoms with Gasteiger partial charge in [0, 0.05) is 31.4 Å². The predicted molar refractivity (Wildman–Crippen MR) is 100 cm³/mol. The molecule has 1 aliphatic rings. The summed E-state index contributed by atoms with van der Waals surface area (Å²) >= 11 is 0. The van der Waals surface area contributed by atoms with Crippen molar-refractivity contribution in [1.29, 1.82) is 0 Å². The van der Waals surface area contributed by atoms with Crippen molar-refractivity contribution in [2.75, 3.05) is 19.6 Å². The number of carbonyl (C=O) groups is 1. The van der Waals surface area contributed by atoms with E-state index in [0.717, 1.165) is 44.3 Å². The molecule has 4 nitrogen and oxygen atoms in total. The molecule has 1 heterocycles. The maximum atomic E-state index is 12.1. The fourth-order valence-electron chi connectivity index (χ4n) is 3.07. The van der Waals surface area contributed by atoms with E-state index in [4.69, 9.17) is 0 Å². The van der Waals surface area contributed by atoms with Gasteiger partial charge in [0.25, 0.3) is 0 Å². The number of aliphatic hydroxyl groups is 1. The van der Waals surface area contributed by atoms with Gasteiger partial charge in [0.2, 0.25) is 5.91 Å². The van der Waals surface area contributed by atoms with Gasteiger partial charge in [0.15, 0.2) is 6.23 Å². The second kappa shape index (κ2) is 10.3. The third-order valence-electron chi connectivity index (χ3n) is 4.71. The fraction of sp³-hybridized carbons (Fsp3) is 0.650. The lowest BCUT2D eigenvalue weighted by Gasteiger charge is -2.23. The van der Waals surface area contributed by atoms with Crippen LogP contribution in [0, 0.1) is 0 Å². The van der Waals surface area contributed by atoms with E-state index in [-0.39, 0.29) is 5.91 Å². The fourth-order valence-corrected chi connectivity index (χ4v) is 3.07. The van der Waals surface area contributed by atoms with E-state index < -0.39 is 6.23 Å². The Morgan fingerprint density at radius 1 is 1.25 bits per heavy atom. The van der Waals surface area contributed by atoms with Gasteiger partial charge < -0.3 is 14.9 Å². The summed E-state index contributed by atoms with van der Waals surface area (Å²) in [5.41, 5.74) is 3.40. The lowest BCUT2D eigenvalue weighted by molar-refractivity contribution is -0.130. The highest BCUT2D eigenvalue weighted by Gasteiger charge is 2.29. The number of aliphatic hydroxyl groups excluding tert-OH is 1. The van der Waals surface area contributed by atoms with Gasteiger partial charge in [0.1, 0.15) is 0 Å². The number of nitrogens with zero attached hydrogens (tertiary/aromatic N) is 2. The van der Waals surface area contributed by atoms with Crippen LogP contribution in [0.25, 0.3) is 0 Å². The monoisotopic (exact) mass is 334 g/mol. The molecule has 1 amide bonds. The smallest absolute Gasteiger partial charge is 0.248 e. The molecular weight excluding hydrogens is 300 g/mol. The Labute approximate surface area is 147 Å². The Morgan fingerprint density at radius 3 is 2.46 bits per heavy atom. The van der Waals surface area contributed by atoms with Crippen LogP contribution in [0.5, 0.6) is 0 Å². The van der Waals surface area contributed by atoms with E-state index >= 15 is 0 Å². The summed E-state index contributed by atoms with van der Waals surface area (Å²) in [5, 5.41) is 10.3. The van der Waals surface area contributed by atoms with Crippen molar-refractivity contribution >= 4 is 5.91 Å². The quantitative estimate of drug-likeness (QED) is 0.617. The molecule has 0 radical (unpaired) electrons. The lowest BCUT2D eigenvalue weighted by Crippen LogP contribution is -2.36. The average molecular weight is 335 g/mol. The Hall–Kier alpha value is -1.55. The maximum absolute atomic E-state index is 12.1. The van der Waals surface area contributed by atoms with Crippen LogP contribution in [0.3, 0.4) is 0 Å². The zero-order valence-corrected chi connectivity index (χ0v) is 16.0. The molecule has 136 valence electrons. The number of carbonyl (C=O) groups excluding carboxylic acids is 1. The third-order valence-corrected chi connectivity index (χ3v) is 4.71. The molecule has 1 unspecified atom stereocenters. The Bertz CT molecular complexity index is 502. The minimum atomic E-state index is -0.733. The van der Waals surface area contributed by atoms with Crippen LogP contribution in [0.4, 0.5) is 0 Å². The molecule has 1 rings (SSSR count). The molecule has 0 aromatic carbocycles. The van der Waals surface area contributed by atoms with Crippen molar-refractivity contribution in [2.24, 2.45) is 0 Å². The molecule has 1 N–H and O–H groups in total. The second-order valence-corrected chi connectivity index (χ2v) is 6.28. The molecule has 0 fully saturated rings. The molecule has 0 spiro atoms. The van der Waals surface area contributed by atoms with Gasteiger partial charge in [-0.1, -0.05) is 31.9 Å². The summed E-state index contributed by atoms with van der Waals surface area (Å²) in [4.78, 5) is 16.0. The van der Waals surface area contributed by atoms with E-state index in [9.17, 15) is 9.90 Å². The first-order valence-corrected chi connectivity index (χ1v) is 9.28. The van der Waals surface area contributed by atoms with Gasteiger partial charge in [0.05, 0.1) is 0 Å². The highest BCUT2D eigenvalue weighted by Crippen LogP contribution is 2.23. The molecule has 0 bridgehead atoms. The molecule has 1 aliphatic heterocycles. The zero-order chi connectivity index (χ0) is 18.1. The largest absolute Gasteiger partial charge is 0.376 e. The van der Waals surface area contributed by atoms with E-state index in [2.05, 4.69) is 51.7 Å². The van der Waals surface area contributed by atoms with Crippen LogP contribution < -0.4 is 0 Å². The van der Waals surface area contributed by atoms with Crippen LogP contribution in [-0.2, 0) is 4.79 Å². The molecule has 0 aromatic rings. The summed E-state index contributed by atoms with van der Waals surface area (Å²) in [5.74, 6) is -0.0590. The molecule has 24 heavy (non-hydrogen) atoms. The predicted octanol–water partition coefficient (Wildman–Crippen LogP) is 3.85. The standard InChI is InChI=1S/C20H34N2O2/c1-6-10-18-15-19(23)22(20(18)24)14-13-17(7-2)12-11-16(5)21(8-3)9-4/h11-12,15,20,24H,6-10,13-14H2,1-5H3. The van der Waals surface area contributed by atoms with Gasteiger partial charge >= 0.3 is 0 Å². The van der Waals surface area contributed by atoms with Gasteiger partial charge in [-0.3, -0.25) is 4.79 Å². The van der Waals surface area contributed by atoms with Crippen LogP contribution in [-0.4, -0.2) is 46.7 Å². The summed E-state index contributed by atoms with van der Waals surface area (Å²) < 4.78 is 0. The Morgan fingerprint density at radius 2 is 1.92 bits per heavy atom. The van der Waals surface area contributed by atoms with Crippen molar-refractivity contribution in [2.45, 2.75) is 66.5 Å². The SMILES string of the molecule is CCCC1=CC(=O)N(CCC(=CC=C(C)N(CC)CC)CC)C1O. The molecule has 0 aromatic heterocycles. The first kappa shape index (κ1) is 20.5. The van der Waals surface area contributed by atoms with Crippen molar-refractivity contribution in [1.82, 2.24) is 9.80 Å². The van der Waals surface area contributed by atoms with Gasteiger partial charge in [-0.2, -0.15) is 0 Å². The minimum Gasteiger partial charge on any atom is -0.376 e.